The molecule has 0 atom stereocenters. The van der Waals surface area contributed by atoms with E-state index in [0.29, 0.717) is 24.5 Å². The molecule has 0 saturated heterocycles. The molecule has 0 bridgehead atoms. The van der Waals surface area contributed by atoms with Gasteiger partial charge in [0.05, 0.1) is 18.0 Å². The molecule has 102 valence electrons. The smallest absolute Gasteiger partial charge is 0.167 e. The molecule has 0 spiro atoms. The Balaban J connectivity index is 2.15. The Morgan fingerprint density at radius 2 is 2.21 bits per heavy atom. The SMILES string of the molecule is CCOc1cc(NCc2sccc2C)c(N)cc1F. The maximum Gasteiger partial charge on any atom is 0.167 e. The van der Waals surface area contributed by atoms with Gasteiger partial charge in [0.2, 0.25) is 0 Å². The number of nitrogens with one attached hydrogen (secondary N) is 1. The molecule has 19 heavy (non-hydrogen) atoms. The van der Waals surface area contributed by atoms with Crippen molar-refractivity contribution in [1.82, 2.24) is 0 Å². The highest BCUT2D eigenvalue weighted by Gasteiger charge is 2.09. The van der Waals surface area contributed by atoms with E-state index < -0.39 is 5.82 Å². The van der Waals surface area contributed by atoms with Crippen LogP contribution in [0, 0.1) is 12.7 Å². The molecule has 0 aliphatic heterocycles. The highest BCUT2D eigenvalue weighted by Crippen LogP contribution is 2.29. The zero-order valence-electron chi connectivity index (χ0n) is 11.0. The number of halogens is 1. The maximum absolute atomic E-state index is 13.6. The number of aryl methyl sites for hydroxylation is 1. The van der Waals surface area contributed by atoms with E-state index >= 15 is 0 Å². The van der Waals surface area contributed by atoms with Gasteiger partial charge in [-0.15, -0.1) is 11.3 Å². The molecule has 1 heterocycles. The van der Waals surface area contributed by atoms with E-state index in [0.717, 1.165) is 0 Å². The summed E-state index contributed by atoms with van der Waals surface area (Å²) in [4.78, 5) is 1.24. The topological polar surface area (TPSA) is 47.3 Å². The van der Waals surface area contributed by atoms with Crippen LogP contribution in [0.5, 0.6) is 5.75 Å². The number of nitrogens with two attached hydrogens (primary N) is 1. The van der Waals surface area contributed by atoms with Gasteiger partial charge in [0, 0.05) is 23.6 Å². The van der Waals surface area contributed by atoms with Gasteiger partial charge in [0.1, 0.15) is 0 Å². The summed E-state index contributed by atoms with van der Waals surface area (Å²) in [6, 6.07) is 4.97. The standard InChI is InChI=1S/C14H17FN2OS/c1-3-18-13-7-12(11(16)6-10(13)15)17-8-14-9(2)4-5-19-14/h4-7,17H,3,8,16H2,1-2H3. The largest absolute Gasteiger partial charge is 0.491 e. The van der Waals surface area contributed by atoms with Crippen LogP contribution in [0.25, 0.3) is 0 Å². The Morgan fingerprint density at radius 3 is 2.84 bits per heavy atom. The van der Waals surface area contributed by atoms with Gasteiger partial charge in [0.25, 0.3) is 0 Å². The lowest BCUT2D eigenvalue weighted by molar-refractivity contribution is 0.322. The second-order valence-corrected chi connectivity index (χ2v) is 5.18. The number of benzene rings is 1. The van der Waals surface area contributed by atoms with Crippen molar-refractivity contribution in [1.29, 1.82) is 0 Å². The number of hydrogen-bond acceptors (Lipinski definition) is 4. The van der Waals surface area contributed by atoms with E-state index in [1.54, 1.807) is 17.4 Å². The van der Waals surface area contributed by atoms with Crippen LogP contribution < -0.4 is 15.8 Å². The third kappa shape index (κ3) is 3.17. The van der Waals surface area contributed by atoms with Crippen LogP contribution in [0.1, 0.15) is 17.4 Å². The number of thiophene rings is 1. The van der Waals surface area contributed by atoms with Crippen molar-refractivity contribution in [3.05, 3.63) is 39.8 Å². The van der Waals surface area contributed by atoms with Gasteiger partial charge < -0.3 is 15.8 Å². The average molecular weight is 280 g/mol. The molecule has 0 unspecified atom stereocenters. The average Bonchev–Trinajstić information content (AvgIpc) is 2.77. The predicted octanol–water partition coefficient (Wildman–Crippen LogP) is 3.79. The van der Waals surface area contributed by atoms with E-state index in [9.17, 15) is 4.39 Å². The fourth-order valence-electron chi connectivity index (χ4n) is 1.75. The summed E-state index contributed by atoms with van der Waals surface area (Å²) in [6.07, 6.45) is 0. The number of anilines is 2. The lowest BCUT2D eigenvalue weighted by Crippen LogP contribution is -2.04. The lowest BCUT2D eigenvalue weighted by atomic mass is 10.2. The van der Waals surface area contributed by atoms with Gasteiger partial charge >= 0.3 is 0 Å². The molecule has 1 aromatic carbocycles. The Bertz CT molecular complexity index is 569. The third-order valence-corrected chi connectivity index (χ3v) is 3.83. The van der Waals surface area contributed by atoms with Gasteiger partial charge in [0.15, 0.2) is 11.6 Å². The zero-order valence-corrected chi connectivity index (χ0v) is 11.8. The van der Waals surface area contributed by atoms with Crippen LogP contribution in [-0.4, -0.2) is 6.61 Å². The third-order valence-electron chi connectivity index (χ3n) is 2.81. The van der Waals surface area contributed by atoms with Crippen LogP contribution in [-0.2, 0) is 6.54 Å². The maximum atomic E-state index is 13.6. The van der Waals surface area contributed by atoms with Crippen LogP contribution in [0.4, 0.5) is 15.8 Å². The van der Waals surface area contributed by atoms with Crippen molar-refractivity contribution >= 4 is 22.7 Å². The summed E-state index contributed by atoms with van der Waals surface area (Å²) < 4.78 is 18.8. The molecular formula is C14H17FN2OS. The Morgan fingerprint density at radius 1 is 1.42 bits per heavy atom. The molecule has 3 nitrogen and oxygen atoms in total. The molecule has 0 amide bonds. The fraction of sp³-hybridized carbons (Fsp3) is 0.286. The summed E-state index contributed by atoms with van der Waals surface area (Å²) in [6.45, 7) is 4.97. The van der Waals surface area contributed by atoms with Gasteiger partial charge in [-0.3, -0.25) is 0 Å². The number of ether oxygens (including phenoxy) is 1. The van der Waals surface area contributed by atoms with Crippen LogP contribution in [0.2, 0.25) is 0 Å². The van der Waals surface area contributed by atoms with Gasteiger partial charge in [-0.1, -0.05) is 0 Å². The van der Waals surface area contributed by atoms with E-state index in [1.165, 1.54) is 16.5 Å². The quantitative estimate of drug-likeness (QED) is 0.819. The molecule has 0 aliphatic rings. The van der Waals surface area contributed by atoms with E-state index in [2.05, 4.69) is 18.3 Å². The molecule has 0 fully saturated rings. The molecule has 3 N–H and O–H groups in total. The van der Waals surface area contributed by atoms with Crippen molar-refractivity contribution in [2.24, 2.45) is 0 Å². The minimum Gasteiger partial charge on any atom is -0.491 e. The van der Waals surface area contributed by atoms with Crippen molar-refractivity contribution in [3.63, 3.8) is 0 Å². The van der Waals surface area contributed by atoms with Crippen molar-refractivity contribution in [2.45, 2.75) is 20.4 Å². The van der Waals surface area contributed by atoms with Gasteiger partial charge in [-0.05, 0) is 30.9 Å². The molecule has 2 aromatic rings. The molecule has 0 saturated carbocycles. The number of nitrogen functional groups attached to an aromatic ring is 1. The first kappa shape index (κ1) is 13.7. The van der Waals surface area contributed by atoms with Crippen LogP contribution in [0.3, 0.4) is 0 Å². The van der Waals surface area contributed by atoms with E-state index in [1.807, 2.05) is 12.3 Å². The Kier molecular flexibility index (Phi) is 4.27. The highest BCUT2D eigenvalue weighted by molar-refractivity contribution is 7.10. The summed E-state index contributed by atoms with van der Waals surface area (Å²) in [5.41, 5.74) is 8.13. The minimum absolute atomic E-state index is 0.224. The summed E-state index contributed by atoms with van der Waals surface area (Å²) in [5.74, 6) is -0.209. The minimum atomic E-state index is -0.433. The van der Waals surface area contributed by atoms with Crippen molar-refractivity contribution in [3.8, 4) is 5.75 Å². The normalized spacial score (nSPS) is 10.5. The second kappa shape index (κ2) is 5.93. The molecule has 5 heteroatoms. The lowest BCUT2D eigenvalue weighted by Gasteiger charge is -2.12. The van der Waals surface area contributed by atoms with E-state index in [-0.39, 0.29) is 5.75 Å². The second-order valence-electron chi connectivity index (χ2n) is 4.18. The Labute approximate surface area is 116 Å². The Hall–Kier alpha value is -1.75. The van der Waals surface area contributed by atoms with Crippen molar-refractivity contribution < 1.29 is 9.13 Å². The first-order chi connectivity index (χ1) is 9.11. The fourth-order valence-corrected chi connectivity index (χ4v) is 2.59. The van der Waals surface area contributed by atoms with Gasteiger partial charge in [-0.2, -0.15) is 0 Å². The summed E-state index contributed by atoms with van der Waals surface area (Å²) in [5, 5.41) is 5.27. The number of rotatable bonds is 5. The first-order valence-electron chi connectivity index (χ1n) is 6.10. The predicted molar refractivity (Wildman–Crippen MR) is 78.4 cm³/mol. The van der Waals surface area contributed by atoms with Crippen molar-refractivity contribution in [2.75, 3.05) is 17.7 Å². The molecule has 1 aromatic heterocycles. The monoisotopic (exact) mass is 280 g/mol. The molecule has 0 radical (unpaired) electrons. The van der Waals surface area contributed by atoms with Crippen LogP contribution in [0.15, 0.2) is 23.6 Å². The first-order valence-corrected chi connectivity index (χ1v) is 6.98. The van der Waals surface area contributed by atoms with Gasteiger partial charge in [-0.25, -0.2) is 4.39 Å². The zero-order chi connectivity index (χ0) is 13.8. The highest BCUT2D eigenvalue weighted by atomic mass is 32.1. The molecule has 2 rings (SSSR count). The summed E-state index contributed by atoms with van der Waals surface area (Å²) in [7, 11) is 0. The number of hydrogen-bond donors (Lipinski definition) is 2. The summed E-state index contributed by atoms with van der Waals surface area (Å²) >= 11 is 1.68. The van der Waals surface area contributed by atoms with E-state index in [4.69, 9.17) is 10.5 Å². The van der Waals surface area contributed by atoms with Crippen LogP contribution >= 0.6 is 11.3 Å². The molecular weight excluding hydrogens is 263 g/mol. The molecule has 0 aliphatic carbocycles.